The van der Waals surface area contributed by atoms with Gasteiger partial charge in [0.1, 0.15) is 0 Å². The minimum atomic E-state index is -0.199. The van der Waals surface area contributed by atoms with Crippen molar-refractivity contribution < 1.29 is 9.90 Å². The number of anilines is 3. The quantitative estimate of drug-likeness (QED) is 0.313. The number of aromatic nitrogens is 1. The summed E-state index contributed by atoms with van der Waals surface area (Å²) in [6, 6.07) is 21.5. The van der Waals surface area contributed by atoms with Gasteiger partial charge in [0.05, 0.1) is 29.0 Å². The van der Waals surface area contributed by atoms with E-state index >= 15 is 0 Å². The van der Waals surface area contributed by atoms with Gasteiger partial charge in [-0.1, -0.05) is 36.4 Å². The van der Waals surface area contributed by atoms with Gasteiger partial charge in [0.15, 0.2) is 0 Å². The molecule has 6 heteroatoms. The number of aliphatic hydroxyl groups is 1. The van der Waals surface area contributed by atoms with Crippen LogP contribution in [0, 0.1) is 0 Å². The maximum atomic E-state index is 11.2. The van der Waals surface area contributed by atoms with E-state index in [4.69, 9.17) is 4.98 Å². The maximum absolute atomic E-state index is 11.2. The van der Waals surface area contributed by atoms with Crippen LogP contribution in [0.4, 0.5) is 17.1 Å². The first kappa shape index (κ1) is 17.8. The minimum Gasteiger partial charge on any atom is -0.392 e. The molecule has 0 atom stereocenters. The molecule has 0 saturated heterocycles. The Morgan fingerprint density at radius 2 is 1.54 bits per heavy atom. The van der Waals surface area contributed by atoms with Crippen molar-refractivity contribution >= 4 is 44.8 Å². The summed E-state index contributed by atoms with van der Waals surface area (Å²) in [5, 5.41) is 15.1. The molecule has 0 spiro atoms. The van der Waals surface area contributed by atoms with Gasteiger partial charge < -0.3 is 10.4 Å². The molecule has 4 aromatic rings. The van der Waals surface area contributed by atoms with Crippen molar-refractivity contribution in [1.29, 1.82) is 0 Å². The molecule has 0 aliphatic carbocycles. The van der Waals surface area contributed by atoms with Crippen LogP contribution in [-0.4, -0.2) is 16.0 Å². The Morgan fingerprint density at radius 3 is 2.14 bits per heavy atom. The summed E-state index contributed by atoms with van der Waals surface area (Å²) >= 11 is 0. The van der Waals surface area contributed by atoms with Crippen LogP contribution in [0.3, 0.4) is 0 Å². The molecular formula is C22H20N4O2. The molecule has 0 unspecified atom stereocenters. The fraction of sp³-hybridized carbons (Fsp3) is 0.0909. The Kier molecular flexibility index (Phi) is 4.78. The van der Waals surface area contributed by atoms with Crippen molar-refractivity contribution in [3.8, 4) is 0 Å². The van der Waals surface area contributed by atoms with Crippen LogP contribution in [0.1, 0.15) is 12.5 Å². The Balaban J connectivity index is 1.82. The predicted octanol–water partition coefficient (Wildman–Crippen LogP) is 4.09. The third-order valence-corrected chi connectivity index (χ3v) is 4.42. The third-order valence-electron chi connectivity index (χ3n) is 4.42. The molecule has 0 fully saturated rings. The van der Waals surface area contributed by atoms with Gasteiger partial charge in [0.25, 0.3) is 0 Å². The summed E-state index contributed by atoms with van der Waals surface area (Å²) in [4.78, 5) is 15.9. The molecule has 0 bridgehead atoms. The Morgan fingerprint density at radius 1 is 0.929 bits per heavy atom. The molecule has 0 radical (unpaired) electrons. The number of nitrogens with one attached hydrogen (secondary N) is 3. The van der Waals surface area contributed by atoms with Crippen molar-refractivity contribution in [2.75, 3.05) is 10.7 Å². The van der Waals surface area contributed by atoms with Gasteiger partial charge >= 0.3 is 0 Å². The van der Waals surface area contributed by atoms with Crippen LogP contribution in [0.15, 0.2) is 66.7 Å². The Labute approximate surface area is 162 Å². The van der Waals surface area contributed by atoms with E-state index in [9.17, 15) is 9.90 Å². The molecule has 28 heavy (non-hydrogen) atoms. The highest BCUT2D eigenvalue weighted by Gasteiger charge is 2.10. The van der Waals surface area contributed by atoms with Crippen molar-refractivity contribution in [2.24, 2.45) is 0 Å². The van der Waals surface area contributed by atoms with E-state index in [0.29, 0.717) is 5.69 Å². The molecule has 1 aromatic heterocycles. The summed E-state index contributed by atoms with van der Waals surface area (Å²) in [5.41, 5.74) is 10.3. The number of hydrogen-bond donors (Lipinski definition) is 4. The number of hydrogen-bond acceptors (Lipinski definition) is 5. The van der Waals surface area contributed by atoms with Crippen molar-refractivity contribution in [3.63, 3.8) is 0 Å². The minimum absolute atomic E-state index is 0.109. The van der Waals surface area contributed by atoms with Gasteiger partial charge in [0.2, 0.25) is 5.91 Å². The highest BCUT2D eigenvalue weighted by Crippen LogP contribution is 2.33. The summed E-state index contributed by atoms with van der Waals surface area (Å²) in [6.07, 6.45) is 0. The van der Waals surface area contributed by atoms with Crippen molar-refractivity contribution in [2.45, 2.75) is 13.5 Å². The van der Waals surface area contributed by atoms with Crippen LogP contribution in [0.25, 0.3) is 21.8 Å². The Bertz CT molecular complexity index is 1120. The summed E-state index contributed by atoms with van der Waals surface area (Å²) < 4.78 is 0. The van der Waals surface area contributed by atoms with E-state index in [1.807, 2.05) is 60.7 Å². The number of hydrazine groups is 1. The second kappa shape index (κ2) is 7.54. The fourth-order valence-corrected chi connectivity index (χ4v) is 3.21. The average molecular weight is 372 g/mol. The first-order valence-electron chi connectivity index (χ1n) is 8.96. The molecule has 0 aliphatic rings. The zero-order valence-corrected chi connectivity index (χ0v) is 15.4. The van der Waals surface area contributed by atoms with Gasteiger partial charge in [-0.3, -0.25) is 15.6 Å². The second-order valence-electron chi connectivity index (χ2n) is 6.53. The number of para-hydroxylation sites is 2. The number of amides is 1. The highest BCUT2D eigenvalue weighted by atomic mass is 16.3. The summed E-state index contributed by atoms with van der Waals surface area (Å²) in [7, 11) is 0. The number of fused-ring (bicyclic) bond motifs is 2. The lowest BCUT2D eigenvalue weighted by Crippen LogP contribution is -2.26. The van der Waals surface area contributed by atoms with E-state index in [0.717, 1.165) is 38.7 Å². The number of benzene rings is 3. The monoisotopic (exact) mass is 372 g/mol. The molecule has 4 rings (SSSR count). The van der Waals surface area contributed by atoms with Gasteiger partial charge in [-0.05, 0) is 35.9 Å². The van der Waals surface area contributed by atoms with Gasteiger partial charge in [-0.25, -0.2) is 4.98 Å². The lowest BCUT2D eigenvalue weighted by atomic mass is 10.1. The van der Waals surface area contributed by atoms with E-state index in [-0.39, 0.29) is 12.5 Å². The second-order valence-corrected chi connectivity index (χ2v) is 6.53. The first-order valence-corrected chi connectivity index (χ1v) is 8.96. The SMILES string of the molecule is CC(=O)NNc1cc(CO)cc(Nc2c3ccccc3nc3ccccc23)c1. The van der Waals surface area contributed by atoms with Crippen LogP contribution in [0.2, 0.25) is 0 Å². The molecule has 0 aliphatic heterocycles. The fourth-order valence-electron chi connectivity index (χ4n) is 3.21. The molecular weight excluding hydrogens is 352 g/mol. The zero-order valence-electron chi connectivity index (χ0n) is 15.4. The zero-order chi connectivity index (χ0) is 19.5. The summed E-state index contributed by atoms with van der Waals surface area (Å²) in [5.74, 6) is -0.199. The molecule has 1 amide bonds. The van der Waals surface area contributed by atoms with E-state index in [1.54, 1.807) is 6.07 Å². The van der Waals surface area contributed by atoms with Crippen LogP contribution < -0.4 is 16.2 Å². The standard InChI is InChI=1S/C22H20N4O2/c1-14(28)25-26-17-11-15(13-27)10-16(12-17)23-22-18-6-2-4-8-20(18)24-21-9-5-3-7-19(21)22/h2-12,26-27H,13H2,1H3,(H,23,24)(H,25,28). The van der Waals surface area contributed by atoms with Gasteiger partial charge in [-0.2, -0.15) is 0 Å². The normalized spacial score (nSPS) is 10.8. The van der Waals surface area contributed by atoms with Crippen molar-refractivity contribution in [3.05, 3.63) is 72.3 Å². The van der Waals surface area contributed by atoms with Crippen LogP contribution >= 0.6 is 0 Å². The summed E-state index contributed by atoms with van der Waals surface area (Å²) in [6.45, 7) is 1.32. The number of aliphatic hydroxyl groups excluding tert-OH is 1. The number of carbonyl (C=O) groups excluding carboxylic acids is 1. The number of carbonyl (C=O) groups is 1. The van der Waals surface area contributed by atoms with Crippen molar-refractivity contribution in [1.82, 2.24) is 10.4 Å². The molecule has 6 nitrogen and oxygen atoms in total. The van der Waals surface area contributed by atoms with Gasteiger partial charge in [-0.15, -0.1) is 0 Å². The van der Waals surface area contributed by atoms with Gasteiger partial charge in [0, 0.05) is 23.4 Å². The lowest BCUT2D eigenvalue weighted by Gasteiger charge is -2.16. The predicted molar refractivity (Wildman–Crippen MR) is 112 cm³/mol. The van der Waals surface area contributed by atoms with E-state index in [1.165, 1.54) is 6.92 Å². The largest absolute Gasteiger partial charge is 0.392 e. The highest BCUT2D eigenvalue weighted by molar-refractivity contribution is 6.08. The Hall–Kier alpha value is -3.64. The molecule has 4 N–H and O–H groups in total. The first-order chi connectivity index (χ1) is 13.6. The number of pyridine rings is 1. The smallest absolute Gasteiger partial charge is 0.235 e. The molecule has 3 aromatic carbocycles. The lowest BCUT2D eigenvalue weighted by molar-refractivity contribution is -0.118. The molecule has 0 saturated carbocycles. The average Bonchev–Trinajstić information content (AvgIpc) is 2.72. The van der Waals surface area contributed by atoms with E-state index < -0.39 is 0 Å². The molecule has 1 heterocycles. The third kappa shape index (κ3) is 3.58. The number of rotatable bonds is 5. The van der Waals surface area contributed by atoms with Crippen LogP contribution in [-0.2, 0) is 11.4 Å². The maximum Gasteiger partial charge on any atom is 0.235 e. The van der Waals surface area contributed by atoms with E-state index in [2.05, 4.69) is 16.2 Å². The van der Waals surface area contributed by atoms with Crippen LogP contribution in [0.5, 0.6) is 0 Å². The molecule has 140 valence electrons. The topological polar surface area (TPSA) is 86.3 Å². The number of nitrogens with zero attached hydrogens (tertiary/aromatic N) is 1.